The Labute approximate surface area is 164 Å². The fraction of sp³-hybridized carbons (Fsp3) is 0.600. The topological polar surface area (TPSA) is 81.3 Å². The van der Waals surface area contributed by atoms with Crippen molar-refractivity contribution in [2.24, 2.45) is 5.92 Å². The van der Waals surface area contributed by atoms with Crippen LogP contribution in [0.25, 0.3) is 5.57 Å². The minimum atomic E-state index is -5.23. The number of rotatable bonds is 2. The van der Waals surface area contributed by atoms with E-state index < -0.39 is 56.9 Å². The number of hydrogen-bond acceptors (Lipinski definition) is 6. The predicted molar refractivity (Wildman–Crippen MR) is 90.0 cm³/mol. The number of hydrogen-bond donors (Lipinski definition) is 0. The lowest BCUT2D eigenvalue weighted by molar-refractivity contribution is -0.510. The van der Waals surface area contributed by atoms with Crippen LogP contribution in [0.1, 0.15) is 42.5 Å². The number of imidazole rings is 1. The molecule has 1 fully saturated rings. The Hall–Kier alpha value is -2.47. The van der Waals surface area contributed by atoms with Crippen molar-refractivity contribution in [1.29, 1.82) is 0 Å². The molecule has 0 amide bonds. The van der Waals surface area contributed by atoms with E-state index in [0.717, 1.165) is 11.0 Å². The highest BCUT2D eigenvalue weighted by Gasteiger charge is 2.59. The van der Waals surface area contributed by atoms with Crippen LogP contribution < -0.4 is 5.01 Å². The Kier molecular flexibility index (Phi) is 5.20. The van der Waals surface area contributed by atoms with Crippen LogP contribution in [-0.4, -0.2) is 44.7 Å². The highest BCUT2D eigenvalue weighted by atomic mass is 32.1. The van der Waals surface area contributed by atoms with Crippen LogP contribution in [-0.2, 0) is 11.0 Å². The Morgan fingerprint density at radius 2 is 1.72 bits per heavy atom. The average molecular weight is 442 g/mol. The highest BCUT2D eigenvalue weighted by Crippen LogP contribution is 2.48. The first-order chi connectivity index (χ1) is 13.4. The molecule has 0 bridgehead atoms. The quantitative estimate of drug-likeness (QED) is 0.230. The molecule has 1 saturated heterocycles. The van der Waals surface area contributed by atoms with Crippen molar-refractivity contribution in [3.05, 3.63) is 27.3 Å². The van der Waals surface area contributed by atoms with E-state index in [4.69, 9.17) is 0 Å². The number of carbonyl (C=O) groups excluding carboxylic acids is 1. The van der Waals surface area contributed by atoms with Gasteiger partial charge < -0.3 is 5.01 Å². The van der Waals surface area contributed by atoms with Gasteiger partial charge in [-0.05, 0) is 19.3 Å². The molecule has 0 saturated carbocycles. The summed E-state index contributed by atoms with van der Waals surface area (Å²) >= 11 is 4.65. The monoisotopic (exact) mass is 442 g/mol. The maximum absolute atomic E-state index is 13.6. The average Bonchev–Trinajstić information content (AvgIpc) is 3.00. The van der Waals surface area contributed by atoms with Crippen LogP contribution >= 0.6 is 12.2 Å². The van der Waals surface area contributed by atoms with Gasteiger partial charge in [-0.2, -0.15) is 26.3 Å². The molecule has 2 atom stereocenters. The Balaban J connectivity index is 2.37. The smallest absolute Gasteiger partial charge is 0.311 e. The van der Waals surface area contributed by atoms with Crippen molar-refractivity contribution >= 4 is 28.6 Å². The van der Waals surface area contributed by atoms with Crippen molar-refractivity contribution in [2.45, 2.75) is 37.7 Å². The zero-order valence-corrected chi connectivity index (χ0v) is 15.2. The maximum atomic E-state index is 13.6. The van der Waals surface area contributed by atoms with Crippen LogP contribution in [0.5, 0.6) is 0 Å². The van der Waals surface area contributed by atoms with E-state index >= 15 is 0 Å². The SMILES string of the molecule is O=C=C1c2nc(C(F)(F)F)n(N3CCCCC3)c2C([N+](=O)[O-])C(=S)C1C(F)(F)F. The third-order valence-electron chi connectivity index (χ3n) is 4.76. The fourth-order valence-corrected chi connectivity index (χ4v) is 4.07. The Morgan fingerprint density at radius 1 is 1.14 bits per heavy atom. The van der Waals surface area contributed by atoms with Crippen molar-refractivity contribution in [2.75, 3.05) is 18.1 Å². The Morgan fingerprint density at radius 3 is 2.17 bits per heavy atom. The summed E-state index contributed by atoms with van der Waals surface area (Å²) in [6, 6.07) is -2.39. The number of halogens is 6. The zero-order valence-electron chi connectivity index (χ0n) is 14.4. The predicted octanol–water partition coefficient (Wildman–Crippen LogP) is 3.12. The van der Waals surface area contributed by atoms with Crippen molar-refractivity contribution in [3.8, 4) is 0 Å². The minimum Gasteiger partial charge on any atom is -0.311 e. The largest absolute Gasteiger partial charge is 0.451 e. The summed E-state index contributed by atoms with van der Waals surface area (Å²) in [5, 5.41) is 12.7. The molecule has 2 heterocycles. The van der Waals surface area contributed by atoms with E-state index in [9.17, 15) is 41.3 Å². The molecule has 1 aromatic heterocycles. The first-order valence-electron chi connectivity index (χ1n) is 8.34. The van der Waals surface area contributed by atoms with Gasteiger partial charge in [-0.25, -0.2) is 14.5 Å². The van der Waals surface area contributed by atoms with Gasteiger partial charge in [-0.3, -0.25) is 10.1 Å². The van der Waals surface area contributed by atoms with Crippen LogP contribution in [0.15, 0.2) is 0 Å². The molecule has 0 N–H and O–H groups in total. The van der Waals surface area contributed by atoms with E-state index in [1.54, 1.807) is 0 Å². The van der Waals surface area contributed by atoms with Crippen molar-refractivity contribution < 1.29 is 36.1 Å². The molecule has 0 aromatic carbocycles. The first-order valence-corrected chi connectivity index (χ1v) is 8.74. The second kappa shape index (κ2) is 7.10. The normalized spacial score (nSPS) is 23.0. The molecule has 3 rings (SSSR count). The molecular formula is C15H12F6N4O3S. The lowest BCUT2D eigenvalue weighted by atomic mass is 9.82. The van der Waals surface area contributed by atoms with Gasteiger partial charge in [0.1, 0.15) is 23.2 Å². The summed E-state index contributed by atoms with van der Waals surface area (Å²) in [6.45, 7) is 0.151. The second-order valence-electron chi connectivity index (χ2n) is 6.57. The summed E-state index contributed by atoms with van der Waals surface area (Å²) in [5.41, 5.74) is -3.12. The van der Waals surface area contributed by atoms with Gasteiger partial charge in [-0.15, -0.1) is 0 Å². The van der Waals surface area contributed by atoms with Crippen molar-refractivity contribution in [1.82, 2.24) is 9.66 Å². The first kappa shape index (κ1) is 21.2. The molecule has 0 radical (unpaired) electrons. The standard InChI is InChI=1S/C15H12F6N4O3S/c16-14(17,18)8-7(6-26)9-10(11(12(8)29)25(27)28)24(13(22-9)15(19,20)21)23-4-2-1-3-5-23/h8,11H,1-5H2. The van der Waals surface area contributed by atoms with E-state index in [1.807, 2.05) is 0 Å². The number of piperidine rings is 1. The summed E-state index contributed by atoms with van der Waals surface area (Å²) in [4.78, 5) is 23.7. The van der Waals surface area contributed by atoms with Gasteiger partial charge in [0.2, 0.25) is 5.82 Å². The molecule has 7 nitrogen and oxygen atoms in total. The maximum Gasteiger partial charge on any atom is 0.451 e. The Bertz CT molecular complexity index is 912. The molecule has 1 aliphatic heterocycles. The molecule has 158 valence electrons. The molecule has 2 aliphatic rings. The summed E-state index contributed by atoms with van der Waals surface area (Å²) in [6.07, 6.45) is -8.72. The third-order valence-corrected chi connectivity index (χ3v) is 5.22. The van der Waals surface area contributed by atoms with E-state index in [2.05, 4.69) is 17.2 Å². The number of thiocarbonyl (C=S) groups is 1. The second-order valence-corrected chi connectivity index (χ2v) is 7.05. The number of nitrogens with zero attached hydrogens (tertiary/aromatic N) is 4. The fourth-order valence-electron chi connectivity index (χ4n) is 3.62. The number of aromatic nitrogens is 2. The lowest BCUT2D eigenvalue weighted by Crippen LogP contribution is -2.46. The van der Waals surface area contributed by atoms with Crippen LogP contribution in [0, 0.1) is 16.0 Å². The van der Waals surface area contributed by atoms with Gasteiger partial charge in [0.25, 0.3) is 6.04 Å². The highest BCUT2D eigenvalue weighted by molar-refractivity contribution is 7.80. The molecular weight excluding hydrogens is 430 g/mol. The number of allylic oxidation sites excluding steroid dienone is 1. The van der Waals surface area contributed by atoms with E-state index in [1.165, 1.54) is 0 Å². The van der Waals surface area contributed by atoms with Gasteiger partial charge in [0.15, 0.2) is 0 Å². The van der Waals surface area contributed by atoms with E-state index in [-0.39, 0.29) is 13.1 Å². The van der Waals surface area contributed by atoms with Crippen LogP contribution in [0.3, 0.4) is 0 Å². The lowest BCUT2D eigenvalue weighted by Gasteiger charge is -2.34. The summed E-state index contributed by atoms with van der Waals surface area (Å²) in [5.74, 6) is -3.58. The molecule has 0 spiro atoms. The van der Waals surface area contributed by atoms with Gasteiger partial charge in [0.05, 0.1) is 10.4 Å². The number of fused-ring (bicyclic) bond motifs is 1. The van der Waals surface area contributed by atoms with Crippen LogP contribution in [0.4, 0.5) is 26.3 Å². The van der Waals surface area contributed by atoms with E-state index in [0.29, 0.717) is 23.9 Å². The van der Waals surface area contributed by atoms with Gasteiger partial charge in [-0.1, -0.05) is 12.2 Å². The zero-order chi connectivity index (χ0) is 21.7. The van der Waals surface area contributed by atoms with Crippen LogP contribution in [0.2, 0.25) is 0 Å². The van der Waals surface area contributed by atoms with Gasteiger partial charge >= 0.3 is 12.4 Å². The molecule has 1 aromatic rings. The number of alkyl halides is 6. The third kappa shape index (κ3) is 3.50. The molecule has 14 heteroatoms. The summed E-state index contributed by atoms with van der Waals surface area (Å²) in [7, 11) is 0. The van der Waals surface area contributed by atoms with Crippen molar-refractivity contribution in [3.63, 3.8) is 0 Å². The molecule has 2 unspecified atom stereocenters. The summed E-state index contributed by atoms with van der Waals surface area (Å²) < 4.78 is 81.8. The number of nitro groups is 1. The molecule has 29 heavy (non-hydrogen) atoms. The molecule has 1 aliphatic carbocycles. The van der Waals surface area contributed by atoms with Gasteiger partial charge in [0, 0.05) is 18.0 Å². The minimum absolute atomic E-state index is 0.0753.